The minimum atomic E-state index is -0.443. The summed E-state index contributed by atoms with van der Waals surface area (Å²) in [5.41, 5.74) is 3.95. The van der Waals surface area contributed by atoms with Gasteiger partial charge in [0.05, 0.1) is 0 Å². The molecule has 0 spiro atoms. The highest BCUT2D eigenvalue weighted by molar-refractivity contribution is 7.12. The summed E-state index contributed by atoms with van der Waals surface area (Å²) in [7, 11) is 0. The third-order valence-electron chi connectivity index (χ3n) is 4.86. The van der Waals surface area contributed by atoms with Crippen LogP contribution in [0.1, 0.15) is 64.1 Å². The maximum atomic E-state index is 10.6. The molecule has 0 amide bonds. The highest BCUT2D eigenvalue weighted by Gasteiger charge is 2.22. The fraction of sp³-hybridized carbons (Fsp3) is 0.444. The molecule has 1 aromatic heterocycles. The third-order valence-corrected chi connectivity index (χ3v) is 6.15. The van der Waals surface area contributed by atoms with Gasteiger partial charge in [0.2, 0.25) is 0 Å². The van der Waals surface area contributed by atoms with Gasteiger partial charge in [-0.1, -0.05) is 30.7 Å². The SMILES string of the molecule is OC(c1ccc(C2CCC2)cc1)c1cc2c(s1)CCC2. The van der Waals surface area contributed by atoms with Crippen LogP contribution < -0.4 is 0 Å². The Bertz CT molecular complexity index is 585. The zero-order chi connectivity index (χ0) is 13.5. The van der Waals surface area contributed by atoms with Gasteiger partial charge in [-0.05, 0) is 60.8 Å². The molecule has 1 heterocycles. The summed E-state index contributed by atoms with van der Waals surface area (Å²) in [6.45, 7) is 0. The van der Waals surface area contributed by atoms with Gasteiger partial charge >= 0.3 is 0 Å². The van der Waals surface area contributed by atoms with Gasteiger partial charge in [0.1, 0.15) is 6.10 Å². The van der Waals surface area contributed by atoms with Crippen molar-refractivity contribution in [2.75, 3.05) is 0 Å². The van der Waals surface area contributed by atoms with Crippen LogP contribution in [0.25, 0.3) is 0 Å². The maximum Gasteiger partial charge on any atom is 0.113 e. The van der Waals surface area contributed by atoms with Gasteiger partial charge in [-0.2, -0.15) is 0 Å². The van der Waals surface area contributed by atoms with Gasteiger partial charge in [0.15, 0.2) is 0 Å². The van der Waals surface area contributed by atoms with Crippen molar-refractivity contribution in [3.63, 3.8) is 0 Å². The van der Waals surface area contributed by atoms with E-state index in [0.29, 0.717) is 0 Å². The topological polar surface area (TPSA) is 20.2 Å². The van der Waals surface area contributed by atoms with E-state index in [4.69, 9.17) is 0 Å². The highest BCUT2D eigenvalue weighted by Crippen LogP contribution is 2.38. The summed E-state index contributed by atoms with van der Waals surface area (Å²) in [5.74, 6) is 0.770. The first kappa shape index (κ1) is 12.6. The van der Waals surface area contributed by atoms with E-state index >= 15 is 0 Å². The lowest BCUT2D eigenvalue weighted by molar-refractivity contribution is 0.224. The Labute approximate surface area is 124 Å². The Kier molecular flexibility index (Phi) is 3.16. The Balaban J connectivity index is 1.56. The largest absolute Gasteiger partial charge is 0.383 e. The van der Waals surface area contributed by atoms with Gasteiger partial charge in [0, 0.05) is 9.75 Å². The Hall–Kier alpha value is -1.12. The van der Waals surface area contributed by atoms with Gasteiger partial charge < -0.3 is 5.11 Å². The van der Waals surface area contributed by atoms with Gasteiger partial charge in [-0.3, -0.25) is 0 Å². The third kappa shape index (κ3) is 2.11. The summed E-state index contributed by atoms with van der Waals surface area (Å²) in [5, 5.41) is 10.6. The molecule has 1 unspecified atom stereocenters. The number of rotatable bonds is 3. The van der Waals surface area contributed by atoms with Crippen LogP contribution in [0.3, 0.4) is 0 Å². The Morgan fingerprint density at radius 2 is 1.85 bits per heavy atom. The fourth-order valence-electron chi connectivity index (χ4n) is 3.34. The average Bonchev–Trinajstić information content (AvgIpc) is 2.97. The molecule has 0 saturated heterocycles. The van der Waals surface area contributed by atoms with Gasteiger partial charge in [-0.25, -0.2) is 0 Å². The molecule has 2 heteroatoms. The van der Waals surface area contributed by atoms with E-state index in [2.05, 4.69) is 30.3 Å². The van der Waals surface area contributed by atoms with E-state index in [0.717, 1.165) is 16.4 Å². The highest BCUT2D eigenvalue weighted by atomic mass is 32.1. The van der Waals surface area contributed by atoms with Crippen molar-refractivity contribution in [3.8, 4) is 0 Å². The quantitative estimate of drug-likeness (QED) is 0.874. The second kappa shape index (κ2) is 5.01. The summed E-state index contributed by atoms with van der Waals surface area (Å²) in [6.07, 6.45) is 7.27. The van der Waals surface area contributed by atoms with E-state index in [1.807, 2.05) is 0 Å². The molecule has 2 aliphatic carbocycles. The lowest BCUT2D eigenvalue weighted by Gasteiger charge is -2.26. The van der Waals surface area contributed by atoms with Gasteiger partial charge in [0.25, 0.3) is 0 Å². The Morgan fingerprint density at radius 3 is 2.50 bits per heavy atom. The number of aryl methyl sites for hydroxylation is 2. The summed E-state index contributed by atoms with van der Waals surface area (Å²) < 4.78 is 0. The number of hydrogen-bond donors (Lipinski definition) is 1. The number of aliphatic hydroxyl groups excluding tert-OH is 1. The fourth-order valence-corrected chi connectivity index (χ4v) is 4.62. The van der Waals surface area contributed by atoms with Gasteiger partial charge in [-0.15, -0.1) is 11.3 Å². The van der Waals surface area contributed by atoms with Crippen molar-refractivity contribution in [3.05, 3.63) is 56.8 Å². The maximum absolute atomic E-state index is 10.6. The predicted molar refractivity (Wildman–Crippen MR) is 83.4 cm³/mol. The molecule has 2 aromatic rings. The standard InChI is InChI=1S/C18H20OS/c19-18(17-11-15-5-2-6-16(15)20-17)14-9-7-13(8-10-14)12-3-1-4-12/h7-12,18-19H,1-6H2. The minimum absolute atomic E-state index is 0.443. The van der Waals surface area contributed by atoms with Crippen LogP contribution in [0.4, 0.5) is 0 Å². The molecule has 1 nitrogen and oxygen atoms in total. The van der Waals surface area contributed by atoms with Crippen LogP contribution in [0.2, 0.25) is 0 Å². The van der Waals surface area contributed by atoms with Crippen molar-refractivity contribution in [2.24, 2.45) is 0 Å². The first-order chi connectivity index (χ1) is 9.81. The van der Waals surface area contributed by atoms with E-state index in [9.17, 15) is 5.11 Å². The van der Waals surface area contributed by atoms with Crippen molar-refractivity contribution >= 4 is 11.3 Å². The second-order valence-corrected chi connectivity index (χ2v) is 7.32. The lowest BCUT2D eigenvalue weighted by Crippen LogP contribution is -2.08. The number of thiophene rings is 1. The zero-order valence-electron chi connectivity index (χ0n) is 11.6. The smallest absolute Gasteiger partial charge is 0.113 e. The van der Waals surface area contributed by atoms with Crippen LogP contribution in [0.15, 0.2) is 30.3 Å². The molecule has 0 aliphatic heterocycles. The van der Waals surface area contributed by atoms with Crippen molar-refractivity contribution in [1.29, 1.82) is 0 Å². The number of aliphatic hydroxyl groups is 1. The molecule has 1 atom stereocenters. The normalized spacial score (nSPS) is 19.6. The van der Waals surface area contributed by atoms with Crippen LogP contribution in [-0.4, -0.2) is 5.11 Å². The summed E-state index contributed by atoms with van der Waals surface area (Å²) in [6, 6.07) is 10.9. The lowest BCUT2D eigenvalue weighted by atomic mass is 9.80. The van der Waals surface area contributed by atoms with Crippen LogP contribution >= 0.6 is 11.3 Å². The molecular weight excluding hydrogens is 264 g/mol. The number of hydrogen-bond acceptors (Lipinski definition) is 2. The Morgan fingerprint density at radius 1 is 1.05 bits per heavy atom. The molecule has 104 valence electrons. The number of benzene rings is 1. The minimum Gasteiger partial charge on any atom is -0.383 e. The van der Waals surface area contributed by atoms with Crippen molar-refractivity contribution < 1.29 is 5.11 Å². The van der Waals surface area contributed by atoms with Crippen LogP contribution in [-0.2, 0) is 12.8 Å². The molecule has 1 fully saturated rings. The van der Waals surface area contributed by atoms with E-state index in [-0.39, 0.29) is 0 Å². The second-order valence-electron chi connectivity index (χ2n) is 6.15. The molecule has 0 radical (unpaired) electrons. The average molecular weight is 284 g/mol. The first-order valence-electron chi connectivity index (χ1n) is 7.70. The molecule has 2 aliphatic rings. The molecule has 0 bridgehead atoms. The first-order valence-corrected chi connectivity index (χ1v) is 8.52. The van der Waals surface area contributed by atoms with E-state index < -0.39 is 6.10 Å². The van der Waals surface area contributed by atoms with Crippen LogP contribution in [0.5, 0.6) is 0 Å². The molecule has 1 saturated carbocycles. The molecular formula is C18H20OS. The molecule has 1 aromatic carbocycles. The zero-order valence-corrected chi connectivity index (χ0v) is 12.5. The number of fused-ring (bicyclic) bond motifs is 1. The van der Waals surface area contributed by atoms with Crippen LogP contribution in [0, 0.1) is 0 Å². The van der Waals surface area contributed by atoms with Crippen molar-refractivity contribution in [2.45, 2.75) is 50.5 Å². The molecule has 4 rings (SSSR count). The van der Waals surface area contributed by atoms with E-state index in [1.165, 1.54) is 54.5 Å². The predicted octanol–water partition coefficient (Wildman–Crippen LogP) is 4.59. The van der Waals surface area contributed by atoms with E-state index in [1.54, 1.807) is 11.3 Å². The molecule has 20 heavy (non-hydrogen) atoms. The van der Waals surface area contributed by atoms with Crippen molar-refractivity contribution in [1.82, 2.24) is 0 Å². The summed E-state index contributed by atoms with van der Waals surface area (Å²) >= 11 is 1.80. The monoisotopic (exact) mass is 284 g/mol. The molecule has 1 N–H and O–H groups in total. The summed E-state index contributed by atoms with van der Waals surface area (Å²) in [4.78, 5) is 2.61.